The molecule has 3 aromatic rings. The standard InChI is InChI=1S/C27H29BrF3N5O2/c28-18-9-17(10-19(30)12-18)23(13-33-8-7-29)36-27(38)21-6-3-16(11-22(21)31)25-26(32)34-14-24(35-25)15-1-4-20(37)5-2-15/h3,6,9-12,14-15,20,23,33,37H,1-2,4-5,7-8,13H2,(H2,32,34)(H,36,38)/t15?,20?,23-/m1/s1. The molecule has 1 atom stereocenters. The lowest BCUT2D eigenvalue weighted by molar-refractivity contribution is 0.0932. The van der Waals surface area contributed by atoms with Crippen LogP contribution in [-0.2, 0) is 0 Å². The topological polar surface area (TPSA) is 113 Å². The van der Waals surface area contributed by atoms with E-state index in [1.54, 1.807) is 18.3 Å². The van der Waals surface area contributed by atoms with E-state index in [-0.39, 0.29) is 36.5 Å². The Balaban J connectivity index is 1.55. The first-order valence-electron chi connectivity index (χ1n) is 12.4. The summed E-state index contributed by atoms with van der Waals surface area (Å²) in [6, 6.07) is 7.47. The highest BCUT2D eigenvalue weighted by Crippen LogP contribution is 2.34. The second kappa shape index (κ2) is 12.7. The summed E-state index contributed by atoms with van der Waals surface area (Å²) in [6.07, 6.45) is 4.22. The molecule has 1 heterocycles. The van der Waals surface area contributed by atoms with Crippen molar-refractivity contribution >= 4 is 27.7 Å². The van der Waals surface area contributed by atoms with Crippen LogP contribution in [0.5, 0.6) is 0 Å². The lowest BCUT2D eigenvalue weighted by Gasteiger charge is -2.25. The Labute approximate surface area is 227 Å². The molecule has 202 valence electrons. The first-order chi connectivity index (χ1) is 18.2. The molecule has 0 bridgehead atoms. The van der Waals surface area contributed by atoms with Crippen LogP contribution in [0.15, 0.2) is 47.1 Å². The van der Waals surface area contributed by atoms with Crippen LogP contribution < -0.4 is 16.4 Å². The van der Waals surface area contributed by atoms with Crippen molar-refractivity contribution in [2.24, 2.45) is 0 Å². The Hall–Kier alpha value is -3.02. The number of nitrogens with one attached hydrogen (secondary N) is 2. The zero-order valence-corrected chi connectivity index (χ0v) is 22.1. The van der Waals surface area contributed by atoms with E-state index in [1.807, 2.05) is 0 Å². The second-order valence-electron chi connectivity index (χ2n) is 9.35. The van der Waals surface area contributed by atoms with Gasteiger partial charge < -0.3 is 21.5 Å². The van der Waals surface area contributed by atoms with Crippen LogP contribution in [0.4, 0.5) is 19.0 Å². The SMILES string of the molecule is Nc1ncc(C2CCC(O)CC2)nc1-c1ccc(C(=O)N[C@H](CNCCF)c2cc(F)cc(Br)c2)c(F)c1. The van der Waals surface area contributed by atoms with Gasteiger partial charge in [0, 0.05) is 29.0 Å². The van der Waals surface area contributed by atoms with Crippen LogP contribution >= 0.6 is 15.9 Å². The molecule has 1 aromatic heterocycles. The van der Waals surface area contributed by atoms with E-state index in [1.165, 1.54) is 24.3 Å². The number of amides is 1. The van der Waals surface area contributed by atoms with Gasteiger partial charge in [0.2, 0.25) is 0 Å². The first kappa shape index (κ1) is 28.0. The lowest BCUT2D eigenvalue weighted by atomic mass is 9.85. The molecule has 0 aliphatic heterocycles. The van der Waals surface area contributed by atoms with Crippen molar-refractivity contribution in [2.75, 3.05) is 25.5 Å². The predicted molar refractivity (Wildman–Crippen MR) is 142 cm³/mol. The predicted octanol–water partition coefficient (Wildman–Crippen LogP) is 4.82. The first-order valence-corrected chi connectivity index (χ1v) is 13.2. The molecule has 1 fully saturated rings. The number of rotatable bonds is 9. The average Bonchev–Trinajstić information content (AvgIpc) is 2.88. The number of benzene rings is 2. The van der Waals surface area contributed by atoms with Crippen molar-refractivity contribution in [3.63, 3.8) is 0 Å². The Morgan fingerprint density at radius 3 is 2.61 bits per heavy atom. The number of aliphatic hydroxyl groups is 1. The van der Waals surface area contributed by atoms with E-state index >= 15 is 4.39 Å². The molecule has 0 unspecified atom stereocenters. The summed E-state index contributed by atoms with van der Waals surface area (Å²) in [4.78, 5) is 21.9. The van der Waals surface area contributed by atoms with Crippen LogP contribution in [0.3, 0.4) is 0 Å². The van der Waals surface area contributed by atoms with Gasteiger partial charge in [0.25, 0.3) is 5.91 Å². The Morgan fingerprint density at radius 1 is 1.16 bits per heavy atom. The third-order valence-electron chi connectivity index (χ3n) is 6.63. The molecule has 5 N–H and O–H groups in total. The number of hydrogen-bond acceptors (Lipinski definition) is 6. The number of nitrogens with two attached hydrogens (primary N) is 1. The fourth-order valence-corrected chi connectivity index (χ4v) is 5.10. The molecule has 2 aromatic carbocycles. The number of halogens is 4. The van der Waals surface area contributed by atoms with Crippen LogP contribution in [0.25, 0.3) is 11.3 Å². The van der Waals surface area contributed by atoms with Crippen LogP contribution in [0, 0.1) is 11.6 Å². The van der Waals surface area contributed by atoms with Gasteiger partial charge in [-0.1, -0.05) is 22.0 Å². The van der Waals surface area contributed by atoms with Crippen molar-refractivity contribution in [1.82, 2.24) is 20.6 Å². The van der Waals surface area contributed by atoms with E-state index in [0.717, 1.165) is 18.5 Å². The van der Waals surface area contributed by atoms with Gasteiger partial charge in [-0.15, -0.1) is 0 Å². The summed E-state index contributed by atoms with van der Waals surface area (Å²) in [5, 5.41) is 15.3. The molecular weight excluding hydrogens is 563 g/mol. The van der Waals surface area contributed by atoms with Crippen molar-refractivity contribution in [3.8, 4) is 11.3 Å². The maximum Gasteiger partial charge on any atom is 0.254 e. The number of aromatic nitrogens is 2. The summed E-state index contributed by atoms with van der Waals surface area (Å²) in [5.74, 6) is -1.75. The molecule has 1 aliphatic rings. The van der Waals surface area contributed by atoms with Gasteiger partial charge in [-0.05, 0) is 61.6 Å². The van der Waals surface area contributed by atoms with Gasteiger partial charge in [0.1, 0.15) is 29.8 Å². The minimum absolute atomic E-state index is 0.0505. The fraction of sp³-hybridized carbons (Fsp3) is 0.370. The lowest BCUT2D eigenvalue weighted by Crippen LogP contribution is -2.36. The second-order valence-corrected chi connectivity index (χ2v) is 10.3. The molecule has 1 saturated carbocycles. The Morgan fingerprint density at radius 2 is 1.92 bits per heavy atom. The number of nitrogens with zero attached hydrogens (tertiary/aromatic N) is 2. The molecule has 0 saturated heterocycles. The summed E-state index contributed by atoms with van der Waals surface area (Å²) >= 11 is 3.23. The van der Waals surface area contributed by atoms with E-state index in [0.29, 0.717) is 34.1 Å². The minimum Gasteiger partial charge on any atom is -0.393 e. The molecule has 0 radical (unpaired) electrons. The third-order valence-corrected chi connectivity index (χ3v) is 7.09. The molecule has 11 heteroatoms. The highest BCUT2D eigenvalue weighted by Gasteiger charge is 2.24. The van der Waals surface area contributed by atoms with Crippen LogP contribution in [0.2, 0.25) is 0 Å². The van der Waals surface area contributed by atoms with Crippen molar-refractivity contribution < 1.29 is 23.1 Å². The number of aliphatic hydroxyl groups excluding tert-OH is 1. The summed E-state index contributed by atoms with van der Waals surface area (Å²) in [5.41, 5.74) is 7.68. The number of carbonyl (C=O) groups excluding carboxylic acids is 1. The molecule has 7 nitrogen and oxygen atoms in total. The van der Waals surface area contributed by atoms with Crippen molar-refractivity contribution in [1.29, 1.82) is 0 Å². The minimum atomic E-state index is -0.789. The zero-order chi connectivity index (χ0) is 27.2. The smallest absolute Gasteiger partial charge is 0.254 e. The number of carbonyl (C=O) groups is 1. The van der Waals surface area contributed by atoms with E-state index < -0.39 is 30.3 Å². The number of alkyl halides is 1. The normalized spacial score (nSPS) is 18.2. The molecule has 38 heavy (non-hydrogen) atoms. The fourth-order valence-electron chi connectivity index (χ4n) is 4.62. The van der Waals surface area contributed by atoms with Gasteiger partial charge in [-0.2, -0.15) is 0 Å². The number of nitrogen functional groups attached to an aromatic ring is 1. The summed E-state index contributed by atoms with van der Waals surface area (Å²) in [7, 11) is 0. The molecule has 0 spiro atoms. The van der Waals surface area contributed by atoms with Gasteiger partial charge in [-0.3, -0.25) is 4.79 Å². The number of hydrogen-bond donors (Lipinski definition) is 4. The third kappa shape index (κ3) is 6.89. The van der Waals surface area contributed by atoms with Crippen molar-refractivity contribution in [3.05, 3.63) is 75.5 Å². The highest BCUT2D eigenvalue weighted by atomic mass is 79.9. The van der Waals surface area contributed by atoms with Crippen molar-refractivity contribution in [2.45, 2.75) is 43.7 Å². The average molecular weight is 592 g/mol. The molecule has 1 amide bonds. The van der Waals surface area contributed by atoms with Crippen LogP contribution in [0.1, 0.15) is 59.3 Å². The van der Waals surface area contributed by atoms with Gasteiger partial charge >= 0.3 is 0 Å². The zero-order valence-electron chi connectivity index (χ0n) is 20.6. The highest BCUT2D eigenvalue weighted by molar-refractivity contribution is 9.10. The molecule has 4 rings (SSSR count). The summed E-state index contributed by atoms with van der Waals surface area (Å²) < 4.78 is 42.3. The largest absolute Gasteiger partial charge is 0.393 e. The molecule has 1 aliphatic carbocycles. The number of anilines is 1. The maximum atomic E-state index is 15.2. The Bertz CT molecular complexity index is 1270. The van der Waals surface area contributed by atoms with Gasteiger partial charge in [-0.25, -0.2) is 23.1 Å². The van der Waals surface area contributed by atoms with E-state index in [9.17, 15) is 18.7 Å². The summed E-state index contributed by atoms with van der Waals surface area (Å²) in [6.45, 7) is -0.448. The molecular formula is C27H29BrF3N5O2. The van der Waals surface area contributed by atoms with Gasteiger partial charge in [0.05, 0.1) is 29.6 Å². The quantitative estimate of drug-likeness (QED) is 0.265. The van der Waals surface area contributed by atoms with E-state index in [4.69, 9.17) is 5.73 Å². The Kier molecular flexibility index (Phi) is 9.35. The maximum absolute atomic E-state index is 15.2. The van der Waals surface area contributed by atoms with Crippen LogP contribution in [-0.4, -0.2) is 46.8 Å². The van der Waals surface area contributed by atoms with Gasteiger partial charge in [0.15, 0.2) is 0 Å². The monoisotopic (exact) mass is 591 g/mol. The van der Waals surface area contributed by atoms with E-state index in [2.05, 4.69) is 36.5 Å².